The lowest BCUT2D eigenvalue weighted by Crippen LogP contribution is -2.37. The molecule has 1 aromatic rings. The summed E-state index contributed by atoms with van der Waals surface area (Å²) in [6.07, 6.45) is 1.27. The van der Waals surface area contributed by atoms with E-state index in [0.29, 0.717) is 31.8 Å². The Bertz CT molecular complexity index is 687. The smallest absolute Gasteiger partial charge is 0.320 e. The van der Waals surface area contributed by atoms with Gasteiger partial charge < -0.3 is 9.64 Å². The molecule has 0 spiro atoms. The summed E-state index contributed by atoms with van der Waals surface area (Å²) < 4.78 is 4.98. The molecule has 1 aromatic carbocycles. The lowest BCUT2D eigenvalue weighted by Gasteiger charge is -2.21. The number of hydrogen-bond acceptors (Lipinski definition) is 5. The van der Waals surface area contributed by atoms with Gasteiger partial charge in [0.2, 0.25) is 5.91 Å². The van der Waals surface area contributed by atoms with Gasteiger partial charge in [-0.15, -0.1) is 0 Å². The van der Waals surface area contributed by atoms with E-state index in [1.165, 1.54) is 0 Å². The Kier molecular flexibility index (Phi) is 7.98. The molecule has 1 saturated heterocycles. The summed E-state index contributed by atoms with van der Waals surface area (Å²) in [7, 11) is 0. The Morgan fingerprint density at radius 2 is 1.78 bits per heavy atom. The molecule has 0 aromatic heterocycles. The molecule has 0 radical (unpaired) electrons. The molecule has 0 bridgehead atoms. The van der Waals surface area contributed by atoms with Crippen LogP contribution in [0.15, 0.2) is 18.2 Å². The molecule has 148 valence electrons. The van der Waals surface area contributed by atoms with Crippen LogP contribution >= 0.6 is 0 Å². The maximum absolute atomic E-state index is 12.5. The standard InChI is InChI=1S/C21H30N2O4/c1-4-27-21(26)15-22-10-5-11-23(13-12-22)20(25)9-8-19(24)18-7-6-16(2)17(3)14-18/h6-7,14H,4-5,8-13,15H2,1-3H3. The lowest BCUT2D eigenvalue weighted by molar-refractivity contribution is -0.144. The minimum atomic E-state index is -0.226. The third-order valence-corrected chi connectivity index (χ3v) is 4.99. The average molecular weight is 374 g/mol. The van der Waals surface area contributed by atoms with Crippen molar-refractivity contribution in [1.82, 2.24) is 9.80 Å². The first-order chi connectivity index (χ1) is 12.9. The number of nitrogens with zero attached hydrogens (tertiary/aromatic N) is 2. The van der Waals surface area contributed by atoms with E-state index in [-0.39, 0.29) is 37.0 Å². The van der Waals surface area contributed by atoms with Crippen LogP contribution in [0, 0.1) is 13.8 Å². The van der Waals surface area contributed by atoms with Crippen molar-refractivity contribution in [3.8, 4) is 0 Å². The zero-order valence-electron chi connectivity index (χ0n) is 16.6. The molecule has 0 unspecified atom stereocenters. The molecule has 1 fully saturated rings. The predicted octanol–water partition coefficient (Wildman–Crippen LogP) is 2.36. The van der Waals surface area contributed by atoms with Gasteiger partial charge in [-0.05, 0) is 44.4 Å². The summed E-state index contributed by atoms with van der Waals surface area (Å²) in [6.45, 7) is 9.09. The molecule has 1 amide bonds. The van der Waals surface area contributed by atoms with Gasteiger partial charge in [-0.3, -0.25) is 19.3 Å². The predicted molar refractivity (Wildman–Crippen MR) is 104 cm³/mol. The molecule has 0 aliphatic carbocycles. The average Bonchev–Trinajstić information content (AvgIpc) is 2.87. The first-order valence-corrected chi connectivity index (χ1v) is 9.67. The molecule has 1 aliphatic rings. The van der Waals surface area contributed by atoms with Crippen molar-refractivity contribution in [1.29, 1.82) is 0 Å². The quantitative estimate of drug-likeness (QED) is 0.541. The third kappa shape index (κ3) is 6.47. The van der Waals surface area contributed by atoms with Crippen molar-refractivity contribution in [3.63, 3.8) is 0 Å². The molecule has 27 heavy (non-hydrogen) atoms. The van der Waals surface area contributed by atoms with Crippen molar-refractivity contribution >= 4 is 17.7 Å². The Morgan fingerprint density at radius 3 is 2.48 bits per heavy atom. The Hall–Kier alpha value is -2.21. The van der Waals surface area contributed by atoms with Crippen molar-refractivity contribution in [2.45, 2.75) is 40.0 Å². The number of rotatable bonds is 7. The second-order valence-electron chi connectivity index (χ2n) is 7.04. The molecule has 0 N–H and O–H groups in total. The highest BCUT2D eigenvalue weighted by molar-refractivity contribution is 5.98. The van der Waals surface area contributed by atoms with E-state index in [1.807, 2.05) is 36.9 Å². The number of carbonyl (C=O) groups is 3. The van der Waals surface area contributed by atoms with Gasteiger partial charge in [0.05, 0.1) is 13.2 Å². The highest BCUT2D eigenvalue weighted by atomic mass is 16.5. The molecule has 0 saturated carbocycles. The summed E-state index contributed by atoms with van der Waals surface area (Å²) in [5.41, 5.74) is 2.91. The maximum atomic E-state index is 12.5. The van der Waals surface area contributed by atoms with Crippen molar-refractivity contribution in [2.24, 2.45) is 0 Å². The van der Waals surface area contributed by atoms with E-state index in [2.05, 4.69) is 0 Å². The zero-order chi connectivity index (χ0) is 19.8. The van der Waals surface area contributed by atoms with Crippen LogP contribution in [-0.4, -0.2) is 66.8 Å². The summed E-state index contributed by atoms with van der Waals surface area (Å²) in [6, 6.07) is 5.66. The Morgan fingerprint density at radius 1 is 1.00 bits per heavy atom. The van der Waals surface area contributed by atoms with Crippen molar-refractivity contribution in [3.05, 3.63) is 34.9 Å². The zero-order valence-corrected chi connectivity index (χ0v) is 16.6. The van der Waals surface area contributed by atoms with Gasteiger partial charge in [0.25, 0.3) is 0 Å². The topological polar surface area (TPSA) is 66.9 Å². The van der Waals surface area contributed by atoms with E-state index in [0.717, 1.165) is 24.1 Å². The second-order valence-corrected chi connectivity index (χ2v) is 7.04. The van der Waals surface area contributed by atoms with Gasteiger partial charge in [0, 0.05) is 44.6 Å². The van der Waals surface area contributed by atoms with E-state index in [1.54, 1.807) is 11.8 Å². The number of ketones is 1. The van der Waals surface area contributed by atoms with Crippen molar-refractivity contribution in [2.75, 3.05) is 39.3 Å². The largest absolute Gasteiger partial charge is 0.465 e. The fourth-order valence-electron chi connectivity index (χ4n) is 3.21. The van der Waals surface area contributed by atoms with Gasteiger partial charge in [0.15, 0.2) is 5.78 Å². The highest BCUT2D eigenvalue weighted by Gasteiger charge is 2.21. The van der Waals surface area contributed by atoms with Crippen LogP contribution in [0.1, 0.15) is 47.7 Å². The van der Waals surface area contributed by atoms with Gasteiger partial charge in [-0.25, -0.2) is 0 Å². The first kappa shape index (κ1) is 21.1. The summed E-state index contributed by atoms with van der Waals surface area (Å²) >= 11 is 0. The van der Waals surface area contributed by atoms with Crippen LogP contribution < -0.4 is 0 Å². The number of aryl methyl sites for hydroxylation is 2. The molecular weight excluding hydrogens is 344 g/mol. The number of Topliss-reactive ketones (excluding diaryl/α,β-unsaturated/α-hetero) is 1. The Balaban J connectivity index is 1.81. The SMILES string of the molecule is CCOC(=O)CN1CCCN(C(=O)CCC(=O)c2ccc(C)c(C)c2)CC1. The molecule has 1 aliphatic heterocycles. The van der Waals surface area contributed by atoms with Crippen molar-refractivity contribution < 1.29 is 19.1 Å². The molecular formula is C21H30N2O4. The van der Waals surface area contributed by atoms with E-state index in [9.17, 15) is 14.4 Å². The normalized spacial score (nSPS) is 15.3. The molecule has 2 rings (SSSR count). The number of esters is 1. The van der Waals surface area contributed by atoms with Gasteiger partial charge in [0.1, 0.15) is 0 Å². The lowest BCUT2D eigenvalue weighted by atomic mass is 10.0. The van der Waals surface area contributed by atoms with Crippen LogP contribution in [0.2, 0.25) is 0 Å². The van der Waals surface area contributed by atoms with Gasteiger partial charge in [-0.2, -0.15) is 0 Å². The minimum Gasteiger partial charge on any atom is -0.465 e. The fraction of sp³-hybridized carbons (Fsp3) is 0.571. The van der Waals surface area contributed by atoms with Crippen LogP contribution in [0.3, 0.4) is 0 Å². The van der Waals surface area contributed by atoms with E-state index in [4.69, 9.17) is 4.74 Å². The number of hydrogen-bond donors (Lipinski definition) is 0. The first-order valence-electron chi connectivity index (χ1n) is 9.67. The molecule has 0 atom stereocenters. The summed E-state index contributed by atoms with van der Waals surface area (Å²) in [4.78, 5) is 40.3. The van der Waals surface area contributed by atoms with Crippen LogP contribution in [-0.2, 0) is 14.3 Å². The second kappa shape index (κ2) is 10.2. The van der Waals surface area contributed by atoms with Crippen LogP contribution in [0.4, 0.5) is 0 Å². The number of benzene rings is 1. The van der Waals surface area contributed by atoms with Gasteiger partial charge >= 0.3 is 5.97 Å². The fourth-order valence-corrected chi connectivity index (χ4v) is 3.21. The number of ether oxygens (including phenoxy) is 1. The highest BCUT2D eigenvalue weighted by Crippen LogP contribution is 2.13. The van der Waals surface area contributed by atoms with E-state index >= 15 is 0 Å². The Labute approximate surface area is 161 Å². The van der Waals surface area contributed by atoms with E-state index < -0.39 is 0 Å². The maximum Gasteiger partial charge on any atom is 0.320 e. The molecule has 6 heteroatoms. The molecule has 6 nitrogen and oxygen atoms in total. The minimum absolute atomic E-state index is 0.00479. The molecule has 1 heterocycles. The van der Waals surface area contributed by atoms with Gasteiger partial charge in [-0.1, -0.05) is 12.1 Å². The van der Waals surface area contributed by atoms with Crippen LogP contribution in [0.5, 0.6) is 0 Å². The summed E-state index contributed by atoms with van der Waals surface area (Å²) in [5.74, 6) is -0.216. The monoisotopic (exact) mass is 374 g/mol. The third-order valence-electron chi connectivity index (χ3n) is 4.99. The number of carbonyl (C=O) groups excluding carboxylic acids is 3. The number of amides is 1. The summed E-state index contributed by atoms with van der Waals surface area (Å²) in [5, 5.41) is 0. The van der Waals surface area contributed by atoms with Crippen LogP contribution in [0.25, 0.3) is 0 Å².